The van der Waals surface area contributed by atoms with E-state index < -0.39 is 0 Å². The van der Waals surface area contributed by atoms with Gasteiger partial charge in [0.05, 0.1) is 17.6 Å². The minimum absolute atomic E-state index is 0.556. The first-order valence-corrected chi connectivity index (χ1v) is 7.02. The number of carbonyl (C=O) groups is 1. The van der Waals surface area contributed by atoms with Gasteiger partial charge in [-0.05, 0) is 25.1 Å². The zero-order chi connectivity index (χ0) is 15.8. The van der Waals surface area contributed by atoms with Crippen molar-refractivity contribution in [1.82, 2.24) is 29.9 Å². The summed E-state index contributed by atoms with van der Waals surface area (Å²) in [5, 5.41) is 11.7. The van der Waals surface area contributed by atoms with Gasteiger partial charge in [-0.15, -0.1) is 0 Å². The zero-order valence-electron chi connectivity index (χ0n) is 12.3. The number of rotatable bonds is 3. The molecule has 112 valence electrons. The van der Waals surface area contributed by atoms with Crippen LogP contribution in [0, 0.1) is 6.92 Å². The summed E-state index contributed by atoms with van der Waals surface area (Å²) in [6.45, 7) is 1.89. The summed E-state index contributed by atoms with van der Waals surface area (Å²) in [6, 6.07) is 5.71. The molecule has 0 unspecified atom stereocenters. The Hall–Kier alpha value is -3.35. The first-order valence-electron chi connectivity index (χ1n) is 7.02. The summed E-state index contributed by atoms with van der Waals surface area (Å²) in [5.41, 5.74) is 4.65. The van der Waals surface area contributed by atoms with E-state index in [1.165, 1.54) is 0 Å². The van der Waals surface area contributed by atoms with Crippen molar-refractivity contribution in [2.75, 3.05) is 0 Å². The molecule has 23 heavy (non-hydrogen) atoms. The number of aldehydes is 1. The van der Waals surface area contributed by atoms with E-state index in [4.69, 9.17) is 0 Å². The van der Waals surface area contributed by atoms with E-state index in [0.717, 1.165) is 40.0 Å². The highest BCUT2D eigenvalue weighted by Gasteiger charge is 2.10. The maximum atomic E-state index is 10.9. The van der Waals surface area contributed by atoms with Crippen LogP contribution in [0.15, 0.2) is 43.0 Å². The Balaban J connectivity index is 1.85. The summed E-state index contributed by atoms with van der Waals surface area (Å²) in [4.78, 5) is 19.5. The van der Waals surface area contributed by atoms with Gasteiger partial charge in [-0.1, -0.05) is 0 Å². The minimum atomic E-state index is 0.556. The maximum absolute atomic E-state index is 10.9. The van der Waals surface area contributed by atoms with Gasteiger partial charge >= 0.3 is 0 Å². The third-order valence-electron chi connectivity index (χ3n) is 3.68. The number of fused-ring (bicyclic) bond motifs is 1. The summed E-state index contributed by atoms with van der Waals surface area (Å²) in [7, 11) is 0. The molecule has 0 fully saturated rings. The van der Waals surface area contributed by atoms with Crippen molar-refractivity contribution in [3.05, 3.63) is 54.2 Å². The lowest BCUT2D eigenvalue weighted by Crippen LogP contribution is -1.96. The van der Waals surface area contributed by atoms with Gasteiger partial charge in [-0.3, -0.25) is 14.3 Å². The van der Waals surface area contributed by atoms with Crippen LogP contribution in [0.2, 0.25) is 0 Å². The van der Waals surface area contributed by atoms with Crippen molar-refractivity contribution >= 4 is 17.3 Å². The Kier molecular flexibility index (Phi) is 2.97. The number of pyridine rings is 2. The van der Waals surface area contributed by atoms with Crippen LogP contribution in [0.5, 0.6) is 0 Å². The van der Waals surface area contributed by atoms with Gasteiger partial charge in [0.15, 0.2) is 6.29 Å². The maximum Gasteiger partial charge on any atom is 0.151 e. The number of aromatic amines is 1. The molecule has 0 atom stereocenters. The number of nitrogens with one attached hydrogen (secondary N) is 1. The van der Waals surface area contributed by atoms with Crippen molar-refractivity contribution in [3.8, 4) is 16.9 Å². The highest BCUT2D eigenvalue weighted by molar-refractivity contribution is 5.85. The molecule has 0 aromatic carbocycles. The smallest absolute Gasteiger partial charge is 0.151 e. The number of nitrogens with zero attached hydrogens (tertiary/aromatic N) is 5. The Morgan fingerprint density at radius 1 is 1.17 bits per heavy atom. The topological polar surface area (TPSA) is 89.4 Å². The van der Waals surface area contributed by atoms with Crippen LogP contribution in [0.25, 0.3) is 28.0 Å². The molecule has 0 aliphatic rings. The van der Waals surface area contributed by atoms with Crippen molar-refractivity contribution in [1.29, 1.82) is 0 Å². The van der Waals surface area contributed by atoms with Crippen molar-refractivity contribution in [2.24, 2.45) is 0 Å². The third-order valence-corrected chi connectivity index (χ3v) is 3.68. The fraction of sp³-hybridized carbons (Fsp3) is 0.0625. The first kappa shape index (κ1) is 13.3. The van der Waals surface area contributed by atoms with Gasteiger partial charge in [0.2, 0.25) is 0 Å². The van der Waals surface area contributed by atoms with Gasteiger partial charge in [-0.2, -0.15) is 15.4 Å². The largest absolute Gasteiger partial charge is 0.300 e. The van der Waals surface area contributed by atoms with Crippen LogP contribution in [-0.4, -0.2) is 36.2 Å². The van der Waals surface area contributed by atoms with Crippen LogP contribution in [0.3, 0.4) is 0 Å². The van der Waals surface area contributed by atoms with E-state index in [9.17, 15) is 4.79 Å². The molecule has 4 aromatic heterocycles. The molecule has 7 heteroatoms. The average molecular weight is 304 g/mol. The van der Waals surface area contributed by atoms with Crippen molar-refractivity contribution in [2.45, 2.75) is 6.92 Å². The summed E-state index contributed by atoms with van der Waals surface area (Å²) in [5.74, 6) is 0. The average Bonchev–Trinajstić information content (AvgIpc) is 3.20. The van der Waals surface area contributed by atoms with Gasteiger partial charge in [0.1, 0.15) is 11.3 Å². The van der Waals surface area contributed by atoms with E-state index in [1.807, 2.05) is 35.9 Å². The van der Waals surface area contributed by atoms with Crippen molar-refractivity contribution < 1.29 is 4.79 Å². The third kappa shape index (κ3) is 2.18. The molecule has 0 radical (unpaired) electrons. The zero-order valence-corrected chi connectivity index (χ0v) is 12.3. The van der Waals surface area contributed by atoms with E-state index in [2.05, 4.69) is 25.4 Å². The molecular formula is C16H12N6O. The van der Waals surface area contributed by atoms with E-state index in [1.54, 1.807) is 18.6 Å². The lowest BCUT2D eigenvalue weighted by Gasteiger charge is -2.06. The van der Waals surface area contributed by atoms with Crippen LogP contribution in [0.1, 0.15) is 16.1 Å². The number of hydrogen-bond donors (Lipinski definition) is 1. The second-order valence-electron chi connectivity index (χ2n) is 5.17. The molecule has 0 aliphatic heterocycles. The van der Waals surface area contributed by atoms with Gasteiger partial charge < -0.3 is 0 Å². The molecule has 7 nitrogen and oxygen atoms in total. The summed E-state index contributed by atoms with van der Waals surface area (Å²) < 4.78 is 1.93. The quantitative estimate of drug-likeness (QED) is 0.587. The first-order chi connectivity index (χ1) is 11.3. The van der Waals surface area contributed by atoms with Gasteiger partial charge in [0, 0.05) is 35.1 Å². The molecule has 1 N–H and O–H groups in total. The Bertz CT molecular complexity index is 1020. The molecule has 0 saturated carbocycles. The predicted molar refractivity (Wildman–Crippen MR) is 84.4 cm³/mol. The molecule has 4 aromatic rings. The van der Waals surface area contributed by atoms with Gasteiger partial charge in [-0.25, -0.2) is 4.98 Å². The number of carbonyl (C=O) groups excluding carboxylic acids is 1. The Morgan fingerprint density at radius 3 is 2.87 bits per heavy atom. The van der Waals surface area contributed by atoms with Crippen LogP contribution in [0.4, 0.5) is 0 Å². The van der Waals surface area contributed by atoms with Crippen LogP contribution < -0.4 is 0 Å². The molecule has 0 bridgehead atoms. The fourth-order valence-electron chi connectivity index (χ4n) is 2.56. The number of H-pyrrole nitrogens is 1. The normalized spacial score (nSPS) is 11.0. The van der Waals surface area contributed by atoms with Crippen LogP contribution >= 0.6 is 0 Å². The fourth-order valence-corrected chi connectivity index (χ4v) is 2.56. The molecule has 0 spiro atoms. The van der Waals surface area contributed by atoms with Gasteiger partial charge in [0.25, 0.3) is 0 Å². The van der Waals surface area contributed by atoms with E-state index in [0.29, 0.717) is 5.56 Å². The Labute approximate surface area is 131 Å². The lowest BCUT2D eigenvalue weighted by molar-refractivity contribution is 0.112. The number of aromatic nitrogens is 6. The number of aryl methyl sites for hydroxylation is 1. The molecule has 4 rings (SSSR count). The standard InChI is InChI=1S/C16H12N6O/c1-10-15(20-21-19-10)13-5-14(8-17-7-13)22-3-2-12-4-11(9-23)6-18-16(12)22/h2-9H,1H3,(H,19,20,21). The van der Waals surface area contributed by atoms with E-state index in [-0.39, 0.29) is 0 Å². The lowest BCUT2D eigenvalue weighted by atomic mass is 10.1. The monoisotopic (exact) mass is 304 g/mol. The Morgan fingerprint density at radius 2 is 2.09 bits per heavy atom. The highest BCUT2D eigenvalue weighted by atomic mass is 16.1. The SMILES string of the molecule is Cc1n[nH]nc1-c1cncc(-n2ccc3cc(C=O)cnc32)c1. The molecular weight excluding hydrogens is 292 g/mol. The summed E-state index contributed by atoms with van der Waals surface area (Å²) in [6.07, 6.45) is 7.76. The summed E-state index contributed by atoms with van der Waals surface area (Å²) >= 11 is 0. The second-order valence-corrected chi connectivity index (χ2v) is 5.17. The molecule has 4 heterocycles. The number of hydrogen-bond acceptors (Lipinski definition) is 5. The molecule has 0 amide bonds. The van der Waals surface area contributed by atoms with E-state index >= 15 is 0 Å². The minimum Gasteiger partial charge on any atom is -0.300 e. The molecule has 0 aliphatic carbocycles. The molecule has 0 saturated heterocycles. The highest BCUT2D eigenvalue weighted by Crippen LogP contribution is 2.23. The van der Waals surface area contributed by atoms with Crippen LogP contribution in [-0.2, 0) is 0 Å². The van der Waals surface area contributed by atoms with Crippen molar-refractivity contribution in [3.63, 3.8) is 0 Å². The second kappa shape index (κ2) is 5.13. The predicted octanol–water partition coefficient (Wildman–Crippen LogP) is 2.33.